The number of hydrogen-bond donors (Lipinski definition) is 1. The first-order valence-corrected chi connectivity index (χ1v) is 7.02. The summed E-state index contributed by atoms with van der Waals surface area (Å²) >= 11 is 3.46. The summed E-state index contributed by atoms with van der Waals surface area (Å²) in [6.45, 7) is 3.10. The summed E-state index contributed by atoms with van der Waals surface area (Å²) in [6.07, 6.45) is 12.3. The number of benzene rings is 1. The molecule has 100 valence electrons. The Morgan fingerprint density at radius 2 is 2.16 bits per heavy atom. The fourth-order valence-corrected chi connectivity index (χ4v) is 2.11. The molecule has 3 heteroatoms. The van der Waals surface area contributed by atoms with Crippen LogP contribution in [0.1, 0.15) is 25.3 Å². The van der Waals surface area contributed by atoms with Crippen LogP contribution in [-0.2, 0) is 6.54 Å². The van der Waals surface area contributed by atoms with Crippen molar-refractivity contribution in [1.82, 2.24) is 5.32 Å². The van der Waals surface area contributed by atoms with Crippen LogP contribution < -0.4 is 10.1 Å². The second-order valence-electron chi connectivity index (χ2n) is 4.14. The van der Waals surface area contributed by atoms with E-state index in [1.165, 1.54) is 0 Å². The highest BCUT2D eigenvalue weighted by molar-refractivity contribution is 9.10. The van der Waals surface area contributed by atoms with E-state index in [-0.39, 0.29) is 6.61 Å². The number of terminal acetylenes is 2. The highest BCUT2D eigenvalue weighted by atomic mass is 79.9. The molecule has 0 saturated heterocycles. The molecular formula is C16H18BrNO. The Morgan fingerprint density at radius 1 is 1.37 bits per heavy atom. The van der Waals surface area contributed by atoms with Crippen LogP contribution in [0.4, 0.5) is 0 Å². The lowest BCUT2D eigenvalue weighted by molar-refractivity contribution is 0.363. The molecule has 0 saturated carbocycles. The van der Waals surface area contributed by atoms with Gasteiger partial charge >= 0.3 is 0 Å². The summed E-state index contributed by atoms with van der Waals surface area (Å²) in [5, 5.41) is 3.44. The lowest BCUT2D eigenvalue weighted by Gasteiger charge is -2.16. The number of hydrogen-bond acceptors (Lipinski definition) is 2. The van der Waals surface area contributed by atoms with Gasteiger partial charge in [0.15, 0.2) is 0 Å². The monoisotopic (exact) mass is 319 g/mol. The van der Waals surface area contributed by atoms with Crippen molar-refractivity contribution in [3.05, 3.63) is 28.2 Å². The van der Waals surface area contributed by atoms with Crippen molar-refractivity contribution in [2.75, 3.05) is 6.61 Å². The average molecular weight is 320 g/mol. The Balaban J connectivity index is 2.72. The highest BCUT2D eigenvalue weighted by Crippen LogP contribution is 2.23. The van der Waals surface area contributed by atoms with Gasteiger partial charge in [0.2, 0.25) is 0 Å². The van der Waals surface area contributed by atoms with Gasteiger partial charge in [-0.3, -0.25) is 0 Å². The van der Waals surface area contributed by atoms with Crippen molar-refractivity contribution in [3.63, 3.8) is 0 Å². The second-order valence-corrected chi connectivity index (χ2v) is 5.05. The van der Waals surface area contributed by atoms with Crippen LogP contribution in [0.2, 0.25) is 0 Å². The molecule has 2 nitrogen and oxygen atoms in total. The molecule has 1 rings (SSSR count). The largest absolute Gasteiger partial charge is 0.481 e. The molecular weight excluding hydrogens is 302 g/mol. The third-order valence-corrected chi connectivity index (χ3v) is 3.27. The fourth-order valence-electron chi connectivity index (χ4n) is 1.70. The molecule has 1 atom stereocenters. The van der Waals surface area contributed by atoms with Crippen LogP contribution in [0.5, 0.6) is 5.75 Å². The summed E-state index contributed by atoms with van der Waals surface area (Å²) in [4.78, 5) is 0. The van der Waals surface area contributed by atoms with Crippen LogP contribution in [0.3, 0.4) is 0 Å². The molecule has 0 amide bonds. The van der Waals surface area contributed by atoms with E-state index in [1.807, 2.05) is 18.2 Å². The van der Waals surface area contributed by atoms with Crippen molar-refractivity contribution in [2.24, 2.45) is 0 Å². The van der Waals surface area contributed by atoms with E-state index in [0.29, 0.717) is 12.6 Å². The zero-order valence-electron chi connectivity index (χ0n) is 11.1. The van der Waals surface area contributed by atoms with Crippen LogP contribution in [0.15, 0.2) is 22.7 Å². The zero-order valence-corrected chi connectivity index (χ0v) is 12.7. The highest BCUT2D eigenvalue weighted by Gasteiger charge is 2.08. The maximum absolute atomic E-state index is 5.53. The fraction of sp³-hybridized carbons (Fsp3) is 0.375. The quantitative estimate of drug-likeness (QED) is 0.778. The second kappa shape index (κ2) is 8.64. The summed E-state index contributed by atoms with van der Waals surface area (Å²) < 4.78 is 6.55. The molecule has 0 aromatic heterocycles. The van der Waals surface area contributed by atoms with E-state index < -0.39 is 0 Å². The molecule has 19 heavy (non-hydrogen) atoms. The minimum Gasteiger partial charge on any atom is -0.481 e. The van der Waals surface area contributed by atoms with Crippen molar-refractivity contribution in [1.29, 1.82) is 0 Å². The number of ether oxygens (including phenoxy) is 1. The SMILES string of the molecule is C#CCOc1ccc(Br)cc1CNC(CC)CC#C. The van der Waals surface area contributed by atoms with Gasteiger partial charge in [0.25, 0.3) is 0 Å². The molecule has 0 aliphatic rings. The first-order chi connectivity index (χ1) is 9.21. The Morgan fingerprint density at radius 3 is 2.79 bits per heavy atom. The first-order valence-electron chi connectivity index (χ1n) is 6.22. The average Bonchev–Trinajstić information content (AvgIpc) is 2.42. The molecule has 0 heterocycles. The lowest BCUT2D eigenvalue weighted by Crippen LogP contribution is -2.27. The topological polar surface area (TPSA) is 21.3 Å². The van der Waals surface area contributed by atoms with Crippen molar-refractivity contribution >= 4 is 15.9 Å². The van der Waals surface area contributed by atoms with Gasteiger partial charge < -0.3 is 10.1 Å². The van der Waals surface area contributed by atoms with Gasteiger partial charge in [0.1, 0.15) is 12.4 Å². The number of nitrogens with one attached hydrogen (secondary N) is 1. The van der Waals surface area contributed by atoms with Crippen molar-refractivity contribution < 1.29 is 4.74 Å². The van der Waals surface area contributed by atoms with Gasteiger partial charge in [-0.2, -0.15) is 0 Å². The maximum atomic E-state index is 5.53. The van der Waals surface area contributed by atoms with Crippen LogP contribution in [0.25, 0.3) is 0 Å². The smallest absolute Gasteiger partial charge is 0.148 e. The lowest BCUT2D eigenvalue weighted by atomic mass is 10.1. The normalized spacial score (nSPS) is 11.4. The van der Waals surface area contributed by atoms with Crippen molar-refractivity contribution in [3.8, 4) is 30.4 Å². The summed E-state index contributed by atoms with van der Waals surface area (Å²) in [5.74, 6) is 5.97. The van der Waals surface area contributed by atoms with Crippen LogP contribution >= 0.6 is 15.9 Å². The maximum Gasteiger partial charge on any atom is 0.148 e. The van der Waals surface area contributed by atoms with E-state index in [9.17, 15) is 0 Å². The van der Waals surface area contributed by atoms with Gasteiger partial charge in [0, 0.05) is 29.0 Å². The summed E-state index contributed by atoms with van der Waals surface area (Å²) in [5.41, 5.74) is 1.07. The summed E-state index contributed by atoms with van der Waals surface area (Å²) in [7, 11) is 0. The van der Waals surface area contributed by atoms with E-state index in [2.05, 4.69) is 40.0 Å². The molecule has 1 aromatic rings. The van der Waals surface area contributed by atoms with E-state index in [1.54, 1.807) is 0 Å². The van der Waals surface area contributed by atoms with Gasteiger partial charge in [-0.15, -0.1) is 18.8 Å². The third-order valence-electron chi connectivity index (χ3n) is 2.77. The van der Waals surface area contributed by atoms with Crippen molar-refractivity contribution in [2.45, 2.75) is 32.4 Å². The van der Waals surface area contributed by atoms with Crippen LogP contribution in [0, 0.1) is 24.7 Å². The predicted molar refractivity (Wildman–Crippen MR) is 82.8 cm³/mol. The minimum atomic E-state index is 0.274. The molecule has 0 spiro atoms. The van der Waals surface area contributed by atoms with E-state index >= 15 is 0 Å². The molecule has 1 N–H and O–H groups in total. The number of halogens is 1. The Labute approximate surface area is 124 Å². The van der Waals surface area contributed by atoms with Gasteiger partial charge in [0.05, 0.1) is 0 Å². The predicted octanol–water partition coefficient (Wildman–Crippen LogP) is 3.35. The Kier molecular flexibility index (Phi) is 7.11. The Bertz CT molecular complexity index is 485. The van der Waals surface area contributed by atoms with E-state index in [0.717, 1.165) is 28.6 Å². The molecule has 0 aliphatic heterocycles. The third kappa shape index (κ3) is 5.39. The molecule has 0 radical (unpaired) electrons. The molecule has 1 unspecified atom stereocenters. The molecule has 0 fully saturated rings. The van der Waals surface area contributed by atoms with Gasteiger partial charge in [-0.1, -0.05) is 28.8 Å². The standard InChI is InChI=1S/C16H18BrNO/c1-4-7-15(6-3)18-12-13-11-14(17)8-9-16(13)19-10-5-2/h1-2,8-9,11,15,18H,6-7,10,12H2,3H3. The zero-order chi connectivity index (χ0) is 14.1. The molecule has 0 bridgehead atoms. The minimum absolute atomic E-state index is 0.274. The molecule has 0 aliphatic carbocycles. The summed E-state index contributed by atoms with van der Waals surface area (Å²) in [6, 6.07) is 6.21. The van der Waals surface area contributed by atoms with Gasteiger partial charge in [-0.25, -0.2) is 0 Å². The molecule has 1 aromatic carbocycles. The first kappa shape index (κ1) is 15.6. The Hall–Kier alpha value is -1.42. The van der Waals surface area contributed by atoms with Crippen LogP contribution in [-0.4, -0.2) is 12.6 Å². The van der Waals surface area contributed by atoms with E-state index in [4.69, 9.17) is 17.6 Å². The van der Waals surface area contributed by atoms with Gasteiger partial charge in [-0.05, 0) is 24.6 Å². The number of rotatable bonds is 7.